The predicted octanol–water partition coefficient (Wildman–Crippen LogP) is 2.22. The third kappa shape index (κ3) is 5.84. The van der Waals surface area contributed by atoms with Crippen molar-refractivity contribution < 1.29 is 23.8 Å². The number of ether oxygens (including phenoxy) is 3. The third-order valence-electron chi connectivity index (χ3n) is 3.54. The number of amides is 1. The van der Waals surface area contributed by atoms with Crippen LogP contribution in [-0.2, 0) is 9.47 Å². The Bertz CT molecular complexity index is 662. The third-order valence-corrected chi connectivity index (χ3v) is 4.14. The van der Waals surface area contributed by atoms with E-state index in [1.807, 2.05) is 20.8 Å². The molecular weight excluding hydrogens is 406 g/mol. The van der Waals surface area contributed by atoms with Gasteiger partial charge in [-0.25, -0.2) is 14.6 Å². The lowest BCUT2D eigenvalue weighted by Crippen LogP contribution is -2.55. The number of esters is 1. The number of rotatable bonds is 4. The van der Waals surface area contributed by atoms with Crippen molar-refractivity contribution in [2.75, 3.05) is 33.4 Å². The van der Waals surface area contributed by atoms with Crippen LogP contribution in [0.4, 0.5) is 4.79 Å². The Morgan fingerprint density at radius 1 is 1.38 bits per heavy atom. The second kappa shape index (κ2) is 8.68. The summed E-state index contributed by atoms with van der Waals surface area (Å²) in [7, 11) is 1.30. The van der Waals surface area contributed by atoms with E-state index in [9.17, 15) is 9.59 Å². The fourth-order valence-corrected chi connectivity index (χ4v) is 2.69. The average Bonchev–Trinajstić information content (AvgIpc) is 2.59. The molecular formula is C17H24BrN3O5. The second-order valence-electron chi connectivity index (χ2n) is 6.86. The molecule has 1 aliphatic rings. The molecule has 1 aliphatic heterocycles. The van der Waals surface area contributed by atoms with Crippen LogP contribution in [0.2, 0.25) is 0 Å². The van der Waals surface area contributed by atoms with Crippen molar-refractivity contribution in [3.8, 4) is 5.88 Å². The van der Waals surface area contributed by atoms with Gasteiger partial charge >= 0.3 is 12.1 Å². The number of piperazine rings is 1. The van der Waals surface area contributed by atoms with Crippen LogP contribution in [0.5, 0.6) is 5.88 Å². The van der Waals surface area contributed by atoms with Crippen LogP contribution in [0.1, 0.15) is 31.3 Å². The second-order valence-corrected chi connectivity index (χ2v) is 7.72. The van der Waals surface area contributed by atoms with Crippen molar-refractivity contribution >= 4 is 28.0 Å². The van der Waals surface area contributed by atoms with Crippen LogP contribution in [0, 0.1) is 0 Å². The molecule has 0 unspecified atom stereocenters. The number of pyridine rings is 1. The molecule has 1 aromatic heterocycles. The highest BCUT2D eigenvalue weighted by molar-refractivity contribution is 9.10. The summed E-state index contributed by atoms with van der Waals surface area (Å²) in [5.74, 6) is -0.238. The van der Waals surface area contributed by atoms with Crippen molar-refractivity contribution in [2.45, 2.75) is 32.4 Å². The number of carbonyl (C=O) groups excluding carboxylic acids is 2. The topological polar surface area (TPSA) is 90.0 Å². The molecule has 1 amide bonds. The molecule has 1 fully saturated rings. The molecule has 2 rings (SSSR count). The Kier molecular flexibility index (Phi) is 6.82. The van der Waals surface area contributed by atoms with Crippen LogP contribution in [0.3, 0.4) is 0 Å². The van der Waals surface area contributed by atoms with Gasteiger partial charge in [0.25, 0.3) is 0 Å². The van der Waals surface area contributed by atoms with Crippen molar-refractivity contribution in [1.82, 2.24) is 15.2 Å². The summed E-state index contributed by atoms with van der Waals surface area (Å²) in [5, 5.41) is 3.30. The van der Waals surface area contributed by atoms with E-state index in [1.54, 1.807) is 17.0 Å². The van der Waals surface area contributed by atoms with Gasteiger partial charge in [0, 0.05) is 19.6 Å². The highest BCUT2D eigenvalue weighted by Crippen LogP contribution is 2.23. The van der Waals surface area contributed by atoms with Crippen LogP contribution in [-0.4, -0.2) is 66.9 Å². The molecule has 1 atom stereocenters. The van der Waals surface area contributed by atoms with E-state index in [2.05, 4.69) is 31.0 Å². The Hall–Kier alpha value is -1.87. The molecule has 0 aliphatic carbocycles. The van der Waals surface area contributed by atoms with Crippen LogP contribution >= 0.6 is 15.9 Å². The van der Waals surface area contributed by atoms with E-state index in [0.717, 1.165) is 0 Å². The average molecular weight is 430 g/mol. The minimum Gasteiger partial charge on any atom is -0.475 e. The van der Waals surface area contributed by atoms with Gasteiger partial charge in [0.15, 0.2) is 5.69 Å². The molecule has 0 bridgehead atoms. The maximum absolute atomic E-state index is 12.2. The fourth-order valence-electron chi connectivity index (χ4n) is 2.35. The summed E-state index contributed by atoms with van der Waals surface area (Å²) < 4.78 is 16.4. The lowest BCUT2D eigenvalue weighted by Gasteiger charge is -2.34. The van der Waals surface area contributed by atoms with Gasteiger partial charge in [-0.2, -0.15) is 0 Å². The van der Waals surface area contributed by atoms with Gasteiger partial charge in [-0.1, -0.05) is 0 Å². The molecule has 26 heavy (non-hydrogen) atoms. The molecule has 1 saturated heterocycles. The molecule has 2 heterocycles. The molecule has 8 nitrogen and oxygen atoms in total. The van der Waals surface area contributed by atoms with Crippen LogP contribution in [0.25, 0.3) is 0 Å². The number of hydrogen-bond donors (Lipinski definition) is 1. The Balaban J connectivity index is 1.95. The molecule has 1 N–H and O–H groups in total. The first kappa shape index (κ1) is 20.4. The molecule has 0 aromatic carbocycles. The Morgan fingerprint density at radius 3 is 2.77 bits per heavy atom. The summed E-state index contributed by atoms with van der Waals surface area (Å²) in [6.45, 7) is 7.48. The zero-order valence-electron chi connectivity index (χ0n) is 15.4. The number of carbonyl (C=O) groups is 2. The smallest absolute Gasteiger partial charge is 0.410 e. The molecule has 0 spiro atoms. The summed E-state index contributed by atoms with van der Waals surface area (Å²) >= 11 is 3.35. The van der Waals surface area contributed by atoms with E-state index in [-0.39, 0.29) is 24.4 Å². The molecule has 1 aromatic rings. The number of hydrogen-bond acceptors (Lipinski definition) is 7. The lowest BCUT2D eigenvalue weighted by molar-refractivity contribution is 0.0177. The Labute approximate surface area is 161 Å². The van der Waals surface area contributed by atoms with Gasteiger partial charge in [-0.3, -0.25) is 0 Å². The van der Waals surface area contributed by atoms with E-state index < -0.39 is 11.6 Å². The first-order valence-corrected chi connectivity index (χ1v) is 9.08. The van der Waals surface area contributed by atoms with Crippen molar-refractivity contribution in [3.05, 3.63) is 22.3 Å². The molecule has 9 heteroatoms. The number of methoxy groups -OCH3 is 1. The van der Waals surface area contributed by atoms with Gasteiger partial charge in [0.2, 0.25) is 5.88 Å². The highest BCUT2D eigenvalue weighted by Gasteiger charge is 2.28. The van der Waals surface area contributed by atoms with E-state index in [4.69, 9.17) is 9.47 Å². The number of nitrogens with zero attached hydrogens (tertiary/aromatic N) is 2. The predicted molar refractivity (Wildman–Crippen MR) is 98.4 cm³/mol. The minimum absolute atomic E-state index is 0.0771. The highest BCUT2D eigenvalue weighted by atomic mass is 79.9. The summed E-state index contributed by atoms with van der Waals surface area (Å²) in [6, 6.07) is 3.15. The zero-order chi connectivity index (χ0) is 19.3. The SMILES string of the molecule is COC(=O)c1ccc(Br)c(OC[C@H]2CN(C(=O)OC(C)(C)C)CCN2)n1. The largest absolute Gasteiger partial charge is 0.475 e. The lowest BCUT2D eigenvalue weighted by atomic mass is 10.2. The normalized spacial score (nSPS) is 17.6. The minimum atomic E-state index is -0.533. The summed E-state index contributed by atoms with van der Waals surface area (Å²) in [4.78, 5) is 29.6. The van der Waals surface area contributed by atoms with Gasteiger partial charge < -0.3 is 24.4 Å². The summed E-state index contributed by atoms with van der Waals surface area (Å²) in [5.41, 5.74) is -0.366. The maximum Gasteiger partial charge on any atom is 0.410 e. The maximum atomic E-state index is 12.2. The van der Waals surface area contributed by atoms with E-state index >= 15 is 0 Å². The fraction of sp³-hybridized carbons (Fsp3) is 0.588. The van der Waals surface area contributed by atoms with Gasteiger partial charge in [-0.15, -0.1) is 0 Å². The van der Waals surface area contributed by atoms with Crippen molar-refractivity contribution in [3.63, 3.8) is 0 Å². The van der Waals surface area contributed by atoms with Crippen LogP contribution in [0.15, 0.2) is 16.6 Å². The summed E-state index contributed by atoms with van der Waals surface area (Å²) in [6.07, 6.45) is -0.337. The molecule has 0 radical (unpaired) electrons. The molecule has 0 saturated carbocycles. The number of halogens is 1. The zero-order valence-corrected chi connectivity index (χ0v) is 17.0. The monoisotopic (exact) mass is 429 g/mol. The van der Waals surface area contributed by atoms with Crippen molar-refractivity contribution in [2.24, 2.45) is 0 Å². The van der Waals surface area contributed by atoms with Gasteiger partial charge in [0.05, 0.1) is 17.6 Å². The Morgan fingerprint density at radius 2 is 2.12 bits per heavy atom. The first-order chi connectivity index (χ1) is 12.2. The van der Waals surface area contributed by atoms with Gasteiger partial charge in [0.1, 0.15) is 12.2 Å². The number of nitrogens with one attached hydrogen (secondary N) is 1. The van der Waals surface area contributed by atoms with E-state index in [0.29, 0.717) is 30.0 Å². The van der Waals surface area contributed by atoms with E-state index in [1.165, 1.54) is 7.11 Å². The van der Waals surface area contributed by atoms with Crippen LogP contribution < -0.4 is 10.1 Å². The van der Waals surface area contributed by atoms with Gasteiger partial charge in [-0.05, 0) is 48.8 Å². The standard InChI is InChI=1S/C17H24BrN3O5/c1-17(2,3)26-16(23)21-8-7-19-11(9-21)10-25-14-12(18)5-6-13(20-14)15(22)24-4/h5-6,11,19H,7-10H2,1-4H3/t11-/m1/s1. The number of aromatic nitrogens is 1. The molecule has 144 valence electrons. The quantitative estimate of drug-likeness (QED) is 0.733. The first-order valence-electron chi connectivity index (χ1n) is 8.28. The van der Waals surface area contributed by atoms with Crippen molar-refractivity contribution in [1.29, 1.82) is 0 Å².